The van der Waals surface area contributed by atoms with Crippen molar-refractivity contribution in [3.63, 3.8) is 0 Å². The summed E-state index contributed by atoms with van der Waals surface area (Å²) in [4.78, 5) is 14.6. The maximum absolute atomic E-state index is 12.6. The molecule has 8 fully saturated rings. The Morgan fingerprint density at radius 3 is 2.43 bits per heavy atom. The highest BCUT2D eigenvalue weighted by Gasteiger charge is 2.84. The van der Waals surface area contributed by atoms with Crippen molar-refractivity contribution in [3.05, 3.63) is 0 Å². The molecule has 8 rings (SSSR count). The first-order chi connectivity index (χ1) is 23.0. The van der Waals surface area contributed by atoms with Crippen LogP contribution < -0.4 is 0 Å². The highest BCUT2D eigenvalue weighted by molar-refractivity contribution is 5.66. The maximum atomic E-state index is 12.6. The molecule has 0 aromatic rings. The Balaban J connectivity index is 1.02. The van der Waals surface area contributed by atoms with Crippen molar-refractivity contribution < 1.29 is 38.7 Å². The van der Waals surface area contributed by atoms with Gasteiger partial charge in [0, 0.05) is 38.1 Å². The van der Waals surface area contributed by atoms with E-state index in [-0.39, 0.29) is 52.0 Å². The van der Waals surface area contributed by atoms with Gasteiger partial charge in [-0.2, -0.15) is 0 Å². The number of carbonyl (C=O) groups is 1. The molecule has 0 radical (unpaired) electrons. The molecule has 0 aromatic heterocycles. The molecular formula is C40H65NO8. The molecule has 2 N–H and O–H groups in total. The van der Waals surface area contributed by atoms with Crippen LogP contribution in [0.2, 0.25) is 0 Å². The van der Waals surface area contributed by atoms with Crippen LogP contribution in [0.1, 0.15) is 113 Å². The Hall–Kier alpha value is -0.810. The number of aliphatic hydroxyl groups is 2. The van der Waals surface area contributed by atoms with Gasteiger partial charge in [-0.25, -0.2) is 0 Å². The second-order valence-corrected chi connectivity index (χ2v) is 19.7. The van der Waals surface area contributed by atoms with Gasteiger partial charge in [-0.1, -0.05) is 34.6 Å². The van der Waals surface area contributed by atoms with Crippen molar-refractivity contribution >= 4 is 5.97 Å². The van der Waals surface area contributed by atoms with E-state index < -0.39 is 29.9 Å². The van der Waals surface area contributed by atoms with Gasteiger partial charge in [-0.3, -0.25) is 9.69 Å². The number of hydrogen-bond donors (Lipinski definition) is 2. The van der Waals surface area contributed by atoms with E-state index in [0.717, 1.165) is 58.6 Å². The number of morpholine rings is 1. The van der Waals surface area contributed by atoms with Gasteiger partial charge in [0.05, 0.1) is 43.2 Å². The number of fused-ring (bicyclic) bond motifs is 4. The number of ether oxygens (including phenoxy) is 5. The van der Waals surface area contributed by atoms with Crippen molar-refractivity contribution in [1.82, 2.24) is 4.90 Å². The van der Waals surface area contributed by atoms with E-state index >= 15 is 0 Å². The minimum atomic E-state index is -1.25. The second kappa shape index (κ2) is 11.6. The van der Waals surface area contributed by atoms with Gasteiger partial charge in [0.25, 0.3) is 0 Å². The maximum Gasteiger partial charge on any atom is 0.303 e. The van der Waals surface area contributed by atoms with Gasteiger partial charge in [-0.15, -0.1) is 0 Å². The summed E-state index contributed by atoms with van der Waals surface area (Å²) in [5.41, 5.74) is -0.953. The summed E-state index contributed by atoms with van der Waals surface area (Å²) >= 11 is 0. The molecule has 9 nitrogen and oxygen atoms in total. The molecule has 5 saturated carbocycles. The molecule has 3 aliphatic heterocycles. The fourth-order valence-corrected chi connectivity index (χ4v) is 14.6. The number of aliphatic hydroxyl groups excluding tert-OH is 1. The van der Waals surface area contributed by atoms with Crippen LogP contribution in [0.3, 0.4) is 0 Å². The molecule has 3 heterocycles. The first-order valence-electron chi connectivity index (χ1n) is 19.8. The van der Waals surface area contributed by atoms with Gasteiger partial charge in [0.1, 0.15) is 0 Å². The van der Waals surface area contributed by atoms with Crippen molar-refractivity contribution in [1.29, 1.82) is 0 Å². The summed E-state index contributed by atoms with van der Waals surface area (Å²) in [6.07, 6.45) is 7.85. The summed E-state index contributed by atoms with van der Waals surface area (Å²) in [5, 5.41) is 23.6. The third-order valence-corrected chi connectivity index (χ3v) is 16.9. The largest absolute Gasteiger partial charge is 0.457 e. The monoisotopic (exact) mass is 687 g/mol. The predicted octanol–water partition coefficient (Wildman–Crippen LogP) is 5.33. The van der Waals surface area contributed by atoms with Crippen LogP contribution in [0.5, 0.6) is 0 Å². The topological polar surface area (TPSA) is 107 Å². The Kier molecular flexibility index (Phi) is 8.34. The third kappa shape index (κ3) is 4.90. The van der Waals surface area contributed by atoms with Gasteiger partial charge in [-0.05, 0) is 117 Å². The molecule has 8 aliphatic rings. The van der Waals surface area contributed by atoms with Crippen LogP contribution in [0.4, 0.5) is 0 Å². The van der Waals surface area contributed by atoms with E-state index in [1.54, 1.807) is 13.8 Å². The number of esters is 1. The third-order valence-electron chi connectivity index (χ3n) is 16.9. The molecule has 0 bridgehead atoms. The lowest BCUT2D eigenvalue weighted by atomic mass is 9.41. The fourth-order valence-electron chi connectivity index (χ4n) is 14.6. The minimum absolute atomic E-state index is 0.0480. The number of rotatable bonds is 6. The molecule has 9 heteroatoms. The Bertz CT molecular complexity index is 1300. The summed E-state index contributed by atoms with van der Waals surface area (Å²) in [5.74, 6) is 1.12. The number of hydrogen-bond acceptors (Lipinski definition) is 9. The van der Waals surface area contributed by atoms with Gasteiger partial charge >= 0.3 is 5.97 Å². The van der Waals surface area contributed by atoms with Crippen molar-refractivity contribution in [2.24, 2.45) is 50.7 Å². The van der Waals surface area contributed by atoms with E-state index in [2.05, 4.69) is 39.5 Å². The SMILES string of the molecule is CC(=O)OC(C1CC(C)C2C(O1)C(O)C1(C)C3CCC4C(C)(C)C(OC5CN(C6CCOC6)CCO5)CCC45CC35CCC21C)C(C)(C)O. The highest BCUT2D eigenvalue weighted by atomic mass is 16.7. The van der Waals surface area contributed by atoms with Gasteiger partial charge in [0.15, 0.2) is 12.4 Å². The minimum Gasteiger partial charge on any atom is -0.457 e. The Morgan fingerprint density at radius 1 is 1.00 bits per heavy atom. The van der Waals surface area contributed by atoms with Crippen LogP contribution in [0.25, 0.3) is 0 Å². The van der Waals surface area contributed by atoms with Crippen LogP contribution >= 0.6 is 0 Å². The standard InChI is InChI=1S/C40H65NO8/c1-23-19-26(34(36(5,6)44)47-24(2)42)48-32-31(23)37(7)14-15-40-22-39(40)13-11-29(49-30-20-41(16-18-46-30)25-12-17-45-21-25)35(3,4)27(39)9-10-28(40)38(37,8)33(32)43/h23,25-34,43-44H,9-22H2,1-8H3. The van der Waals surface area contributed by atoms with Gasteiger partial charge in [0.2, 0.25) is 0 Å². The second-order valence-electron chi connectivity index (χ2n) is 19.7. The lowest BCUT2D eigenvalue weighted by molar-refractivity contribution is -0.251. The molecule has 5 aliphatic carbocycles. The molecule has 3 saturated heterocycles. The van der Waals surface area contributed by atoms with Crippen molar-refractivity contribution in [2.75, 3.05) is 32.9 Å². The average molecular weight is 688 g/mol. The molecule has 0 amide bonds. The Labute approximate surface area is 294 Å². The van der Waals surface area contributed by atoms with E-state index in [4.69, 9.17) is 23.7 Å². The van der Waals surface area contributed by atoms with E-state index in [0.29, 0.717) is 29.7 Å². The quantitative estimate of drug-likeness (QED) is 0.358. The predicted molar refractivity (Wildman–Crippen MR) is 183 cm³/mol. The summed E-state index contributed by atoms with van der Waals surface area (Å²) in [6, 6.07) is 0.489. The highest BCUT2D eigenvalue weighted by Crippen LogP contribution is 2.89. The number of nitrogens with zero attached hydrogens (tertiary/aromatic N) is 1. The zero-order valence-electron chi connectivity index (χ0n) is 31.5. The van der Waals surface area contributed by atoms with E-state index in [1.807, 2.05) is 0 Å². The summed E-state index contributed by atoms with van der Waals surface area (Å²) in [6.45, 7) is 21.1. The van der Waals surface area contributed by atoms with E-state index in [1.165, 1.54) is 32.6 Å². The lowest BCUT2D eigenvalue weighted by Crippen LogP contribution is -2.60. The van der Waals surface area contributed by atoms with E-state index in [9.17, 15) is 15.0 Å². The summed E-state index contributed by atoms with van der Waals surface area (Å²) < 4.78 is 31.5. The van der Waals surface area contributed by atoms with Crippen LogP contribution in [0, 0.1) is 50.7 Å². The molecule has 49 heavy (non-hydrogen) atoms. The van der Waals surface area contributed by atoms with Crippen molar-refractivity contribution in [3.8, 4) is 0 Å². The normalized spacial score (nSPS) is 52.6. The molecule has 0 aromatic carbocycles. The summed E-state index contributed by atoms with van der Waals surface area (Å²) in [7, 11) is 0. The molecule has 15 atom stereocenters. The van der Waals surface area contributed by atoms with Crippen LogP contribution in [0.15, 0.2) is 0 Å². The van der Waals surface area contributed by atoms with Crippen molar-refractivity contribution in [2.45, 2.75) is 162 Å². The Morgan fingerprint density at radius 2 is 1.73 bits per heavy atom. The first-order valence-corrected chi connectivity index (χ1v) is 19.8. The zero-order valence-corrected chi connectivity index (χ0v) is 31.5. The molecule has 2 spiro atoms. The van der Waals surface area contributed by atoms with Gasteiger partial charge < -0.3 is 33.9 Å². The molecular weight excluding hydrogens is 622 g/mol. The molecule has 15 unspecified atom stereocenters. The zero-order chi connectivity index (χ0) is 34.9. The fraction of sp³-hybridized carbons (Fsp3) is 0.975. The number of carbonyl (C=O) groups excluding carboxylic acids is 1. The molecule has 278 valence electrons. The smallest absolute Gasteiger partial charge is 0.303 e. The first kappa shape index (κ1) is 35.2. The average Bonchev–Trinajstić information content (AvgIpc) is 3.29. The van der Waals surface area contributed by atoms with Crippen LogP contribution in [-0.2, 0) is 28.5 Å². The lowest BCUT2D eigenvalue weighted by Gasteiger charge is -2.64. The van der Waals surface area contributed by atoms with Crippen LogP contribution in [-0.4, -0.2) is 102 Å².